The Balaban J connectivity index is 2.38. The molecule has 2 rings (SSSR count). The molecule has 1 aromatic carbocycles. The summed E-state index contributed by atoms with van der Waals surface area (Å²) in [5.41, 5.74) is 9.32. The highest BCUT2D eigenvalue weighted by Crippen LogP contribution is 2.33. The Hall–Kier alpha value is -1.26. The number of hydrogen-bond donors (Lipinski definition) is 1. The summed E-state index contributed by atoms with van der Waals surface area (Å²) in [7, 11) is 0. The van der Waals surface area contributed by atoms with Gasteiger partial charge in [-0.15, -0.1) is 0 Å². The molecule has 17 heavy (non-hydrogen) atoms. The van der Waals surface area contributed by atoms with Gasteiger partial charge < -0.3 is 5.73 Å². The van der Waals surface area contributed by atoms with Crippen molar-refractivity contribution in [3.05, 3.63) is 23.8 Å². The molecule has 0 fully saturated rings. The number of anilines is 2. The van der Waals surface area contributed by atoms with Gasteiger partial charge in [0.1, 0.15) is 0 Å². The Bertz CT molecular complexity index is 379. The smallest absolute Gasteiger partial charge is 0.0773 e. The van der Waals surface area contributed by atoms with Gasteiger partial charge in [0.25, 0.3) is 0 Å². The van der Waals surface area contributed by atoms with Gasteiger partial charge in [-0.1, -0.05) is 26.8 Å². The first-order valence-electron chi connectivity index (χ1n) is 6.39. The Morgan fingerprint density at radius 3 is 2.53 bits per heavy atom. The van der Waals surface area contributed by atoms with Crippen LogP contribution < -0.4 is 10.9 Å². The fraction of sp³-hybridized carbons (Fsp3) is 0.538. The molecule has 0 aliphatic carbocycles. The van der Waals surface area contributed by atoms with Gasteiger partial charge in [-0.3, -0.25) is 0 Å². The zero-order valence-corrected chi connectivity index (χ0v) is 11.0. The van der Waals surface area contributed by atoms with Gasteiger partial charge in [0.2, 0.25) is 0 Å². The first-order chi connectivity index (χ1) is 8.21. The molecule has 2 N–H and O–H groups in total. The summed E-state index contributed by atoms with van der Waals surface area (Å²) in [6, 6.07) is 6.19. The zero-order valence-electron chi connectivity index (χ0n) is 11.0. The average molecular weight is 234 g/mol. The van der Waals surface area contributed by atoms with Gasteiger partial charge >= 0.3 is 0 Å². The lowest BCUT2D eigenvalue weighted by molar-refractivity contribution is 0.119. The molecule has 4 nitrogen and oxygen atoms in total. The van der Waals surface area contributed by atoms with Crippen LogP contribution >= 0.6 is 0 Å². The fourth-order valence-electron chi connectivity index (χ4n) is 2.39. The number of fused-ring (bicyclic) bond motifs is 1. The quantitative estimate of drug-likeness (QED) is 0.809. The van der Waals surface area contributed by atoms with Crippen LogP contribution in [0.5, 0.6) is 0 Å². The minimum atomic E-state index is 0.832. The van der Waals surface area contributed by atoms with E-state index in [1.165, 1.54) is 11.3 Å². The van der Waals surface area contributed by atoms with Gasteiger partial charge in [0.15, 0.2) is 0 Å². The van der Waals surface area contributed by atoms with E-state index in [9.17, 15) is 0 Å². The van der Waals surface area contributed by atoms with Crippen molar-refractivity contribution in [3.63, 3.8) is 0 Å². The maximum absolute atomic E-state index is 5.90. The number of nitrogens with two attached hydrogens (primary N) is 1. The van der Waals surface area contributed by atoms with Crippen LogP contribution in [0.3, 0.4) is 0 Å². The molecule has 94 valence electrons. The maximum atomic E-state index is 5.90. The third kappa shape index (κ3) is 2.10. The predicted molar refractivity (Wildman–Crippen MR) is 72.3 cm³/mol. The van der Waals surface area contributed by atoms with E-state index in [-0.39, 0.29) is 0 Å². The third-order valence-corrected chi connectivity index (χ3v) is 3.31. The van der Waals surface area contributed by atoms with Gasteiger partial charge in [-0.05, 0) is 17.7 Å². The second kappa shape index (κ2) is 4.94. The summed E-state index contributed by atoms with van der Waals surface area (Å²) in [4.78, 5) is 0. The Labute approximate surface area is 104 Å². The predicted octanol–water partition coefficient (Wildman–Crippen LogP) is 2.08. The van der Waals surface area contributed by atoms with Crippen molar-refractivity contribution < 1.29 is 0 Å². The van der Waals surface area contributed by atoms with Crippen LogP contribution in [0.4, 0.5) is 11.4 Å². The highest BCUT2D eigenvalue weighted by molar-refractivity contribution is 5.62. The van der Waals surface area contributed by atoms with E-state index in [0.717, 1.165) is 31.9 Å². The molecule has 0 aromatic heterocycles. The van der Waals surface area contributed by atoms with Crippen LogP contribution in [0.1, 0.15) is 26.3 Å². The van der Waals surface area contributed by atoms with Crippen molar-refractivity contribution in [2.45, 2.75) is 27.3 Å². The second-order valence-electron chi connectivity index (χ2n) is 4.30. The standard InChI is InChI=1S/C13H22N4/c1-4-15(5-2)17-13-9-12(14)8-7-11(13)10-16(17)6-3/h7-9H,4-6,10,14H2,1-3H3. The normalized spacial score (nSPS) is 15.6. The lowest BCUT2D eigenvalue weighted by atomic mass is 10.2. The summed E-state index contributed by atoms with van der Waals surface area (Å²) in [6.07, 6.45) is 0. The second-order valence-corrected chi connectivity index (χ2v) is 4.30. The van der Waals surface area contributed by atoms with Crippen LogP contribution in [0.2, 0.25) is 0 Å². The number of benzene rings is 1. The van der Waals surface area contributed by atoms with Crippen LogP contribution in [0.15, 0.2) is 18.2 Å². The molecule has 0 amide bonds. The van der Waals surface area contributed by atoms with Crippen molar-refractivity contribution in [2.24, 2.45) is 0 Å². The Morgan fingerprint density at radius 1 is 1.24 bits per heavy atom. The molecule has 0 saturated heterocycles. The lowest BCUT2D eigenvalue weighted by Gasteiger charge is -2.38. The van der Waals surface area contributed by atoms with Crippen molar-refractivity contribution in [1.29, 1.82) is 0 Å². The molecule has 1 aromatic rings. The molecule has 0 unspecified atom stereocenters. The molecule has 0 radical (unpaired) electrons. The zero-order chi connectivity index (χ0) is 12.4. The number of rotatable bonds is 4. The first-order valence-corrected chi connectivity index (χ1v) is 6.39. The fourth-order valence-corrected chi connectivity index (χ4v) is 2.39. The molecule has 4 heteroatoms. The summed E-state index contributed by atoms with van der Waals surface area (Å²) in [5.74, 6) is 0. The van der Waals surface area contributed by atoms with E-state index in [1.54, 1.807) is 0 Å². The van der Waals surface area contributed by atoms with Crippen LogP contribution in [-0.4, -0.2) is 29.7 Å². The molecular weight excluding hydrogens is 212 g/mol. The highest BCUT2D eigenvalue weighted by Gasteiger charge is 2.29. The van der Waals surface area contributed by atoms with Gasteiger partial charge in [-0.2, -0.15) is 0 Å². The molecular formula is C13H22N4. The van der Waals surface area contributed by atoms with Crippen molar-refractivity contribution >= 4 is 11.4 Å². The average Bonchev–Trinajstić information content (AvgIpc) is 2.69. The highest BCUT2D eigenvalue weighted by atomic mass is 15.9. The lowest BCUT2D eigenvalue weighted by Crippen LogP contribution is -2.50. The molecule has 1 aliphatic rings. The summed E-state index contributed by atoms with van der Waals surface area (Å²) < 4.78 is 0. The van der Waals surface area contributed by atoms with Crippen molar-refractivity contribution in [2.75, 3.05) is 30.5 Å². The third-order valence-electron chi connectivity index (χ3n) is 3.31. The Morgan fingerprint density at radius 2 is 1.94 bits per heavy atom. The van der Waals surface area contributed by atoms with E-state index >= 15 is 0 Å². The van der Waals surface area contributed by atoms with E-state index < -0.39 is 0 Å². The molecule has 0 atom stereocenters. The van der Waals surface area contributed by atoms with Crippen LogP contribution in [-0.2, 0) is 6.54 Å². The SMILES string of the molecule is CCN(CC)N1c2cc(N)ccc2CN1CC. The number of hydrazine groups is 2. The van der Waals surface area contributed by atoms with Crippen molar-refractivity contribution in [1.82, 2.24) is 10.0 Å². The summed E-state index contributed by atoms with van der Waals surface area (Å²) in [5, 5.41) is 6.96. The van der Waals surface area contributed by atoms with Crippen molar-refractivity contribution in [3.8, 4) is 0 Å². The van der Waals surface area contributed by atoms with E-state index in [1.807, 2.05) is 6.07 Å². The van der Waals surface area contributed by atoms with Crippen LogP contribution in [0.25, 0.3) is 0 Å². The monoisotopic (exact) mass is 234 g/mol. The number of nitrogen functional groups attached to an aromatic ring is 1. The van der Waals surface area contributed by atoms with Crippen LogP contribution in [0, 0.1) is 0 Å². The molecule has 0 bridgehead atoms. The molecule has 1 heterocycles. The van der Waals surface area contributed by atoms with E-state index in [4.69, 9.17) is 5.73 Å². The number of nitrogens with zero attached hydrogens (tertiary/aromatic N) is 3. The topological polar surface area (TPSA) is 35.7 Å². The summed E-state index contributed by atoms with van der Waals surface area (Å²) in [6.45, 7) is 10.5. The largest absolute Gasteiger partial charge is 0.399 e. The molecule has 1 aliphatic heterocycles. The summed E-state index contributed by atoms with van der Waals surface area (Å²) >= 11 is 0. The van der Waals surface area contributed by atoms with E-state index in [0.29, 0.717) is 0 Å². The van der Waals surface area contributed by atoms with E-state index in [2.05, 4.69) is 48.0 Å². The minimum absolute atomic E-state index is 0.832. The van der Waals surface area contributed by atoms with Gasteiger partial charge in [0, 0.05) is 31.9 Å². The minimum Gasteiger partial charge on any atom is -0.399 e. The molecule has 0 saturated carbocycles. The van der Waals surface area contributed by atoms with Gasteiger partial charge in [-0.25, -0.2) is 15.1 Å². The Kier molecular flexibility index (Phi) is 3.54. The van der Waals surface area contributed by atoms with Gasteiger partial charge in [0.05, 0.1) is 5.69 Å². The molecule has 0 spiro atoms. The maximum Gasteiger partial charge on any atom is 0.0773 e. The number of hydrogen-bond acceptors (Lipinski definition) is 4. The first kappa shape index (κ1) is 12.2.